The summed E-state index contributed by atoms with van der Waals surface area (Å²) in [6, 6.07) is 14.3. The SMILES string of the molecule is CCCNCc1nc2ccc(C#Cc3ccc(-c4nc([C@@H](N)CCC)[nH]c4CC)cc3)cc2[nH]1. The van der Waals surface area contributed by atoms with Gasteiger partial charge in [-0.3, -0.25) is 0 Å². The third-order valence-electron chi connectivity index (χ3n) is 5.86. The van der Waals surface area contributed by atoms with Gasteiger partial charge in [0.25, 0.3) is 0 Å². The lowest BCUT2D eigenvalue weighted by Crippen LogP contribution is -2.14. The Kier molecular flexibility index (Phi) is 7.79. The zero-order valence-corrected chi connectivity index (χ0v) is 20.3. The third kappa shape index (κ3) is 5.56. The van der Waals surface area contributed by atoms with Crippen LogP contribution in [0.2, 0.25) is 0 Å². The van der Waals surface area contributed by atoms with Crippen LogP contribution >= 0.6 is 0 Å². The summed E-state index contributed by atoms with van der Waals surface area (Å²) in [6.45, 7) is 8.16. The molecule has 0 bridgehead atoms. The zero-order valence-electron chi connectivity index (χ0n) is 20.3. The second-order valence-corrected chi connectivity index (χ2v) is 8.62. The average Bonchev–Trinajstić information content (AvgIpc) is 3.47. The van der Waals surface area contributed by atoms with Gasteiger partial charge < -0.3 is 21.0 Å². The second kappa shape index (κ2) is 11.1. The first-order chi connectivity index (χ1) is 16.6. The van der Waals surface area contributed by atoms with E-state index >= 15 is 0 Å². The van der Waals surface area contributed by atoms with Gasteiger partial charge >= 0.3 is 0 Å². The average molecular weight is 455 g/mol. The standard InChI is InChI=1S/C28H34N6/c1-4-7-22(29)28-33-23(6-3)27(34-28)21-13-10-19(11-14-21)8-9-20-12-15-24-25(17-20)32-26(31-24)18-30-16-5-2/h10-15,17,22,30H,4-7,16,18,29H2,1-3H3,(H,31,32)(H,33,34)/t22-/m0/s1. The predicted molar refractivity (Wildman–Crippen MR) is 139 cm³/mol. The second-order valence-electron chi connectivity index (χ2n) is 8.62. The Balaban J connectivity index is 1.49. The van der Waals surface area contributed by atoms with Crippen LogP contribution in [-0.2, 0) is 13.0 Å². The Morgan fingerprint density at radius 1 is 0.941 bits per heavy atom. The van der Waals surface area contributed by atoms with Crippen molar-refractivity contribution in [1.82, 2.24) is 25.3 Å². The van der Waals surface area contributed by atoms with E-state index in [1.807, 2.05) is 24.3 Å². The highest BCUT2D eigenvalue weighted by Crippen LogP contribution is 2.25. The monoisotopic (exact) mass is 454 g/mol. The summed E-state index contributed by atoms with van der Waals surface area (Å²) < 4.78 is 0. The number of nitrogens with one attached hydrogen (secondary N) is 3. The summed E-state index contributed by atoms with van der Waals surface area (Å²) in [5.41, 5.74) is 13.4. The first-order valence-corrected chi connectivity index (χ1v) is 12.3. The summed E-state index contributed by atoms with van der Waals surface area (Å²) in [4.78, 5) is 16.3. The quantitative estimate of drug-likeness (QED) is 0.206. The maximum absolute atomic E-state index is 6.28. The van der Waals surface area contributed by atoms with Gasteiger partial charge in [-0.15, -0.1) is 0 Å². The lowest BCUT2D eigenvalue weighted by Gasteiger charge is -2.05. The van der Waals surface area contributed by atoms with E-state index in [0.717, 1.165) is 89.5 Å². The van der Waals surface area contributed by atoms with Crippen molar-refractivity contribution < 1.29 is 0 Å². The molecule has 0 aliphatic carbocycles. The van der Waals surface area contributed by atoms with Gasteiger partial charge in [0, 0.05) is 22.4 Å². The molecule has 2 aromatic heterocycles. The molecule has 2 heterocycles. The first-order valence-electron chi connectivity index (χ1n) is 12.3. The molecule has 176 valence electrons. The van der Waals surface area contributed by atoms with Crippen LogP contribution in [0, 0.1) is 11.8 Å². The van der Waals surface area contributed by atoms with Gasteiger partial charge in [0.2, 0.25) is 0 Å². The Morgan fingerprint density at radius 3 is 2.44 bits per heavy atom. The van der Waals surface area contributed by atoms with Gasteiger partial charge in [-0.05, 0) is 56.1 Å². The Labute approximate surface area is 201 Å². The molecular formula is C28H34N6. The van der Waals surface area contributed by atoms with E-state index in [4.69, 9.17) is 10.7 Å². The fourth-order valence-corrected chi connectivity index (χ4v) is 4.01. The number of nitrogens with zero attached hydrogens (tertiary/aromatic N) is 2. The van der Waals surface area contributed by atoms with E-state index in [0.29, 0.717) is 0 Å². The van der Waals surface area contributed by atoms with E-state index in [1.165, 1.54) is 0 Å². The van der Waals surface area contributed by atoms with Crippen LogP contribution in [0.15, 0.2) is 42.5 Å². The lowest BCUT2D eigenvalue weighted by molar-refractivity contribution is 0.607. The maximum atomic E-state index is 6.28. The van der Waals surface area contributed by atoms with E-state index < -0.39 is 0 Å². The van der Waals surface area contributed by atoms with E-state index in [2.05, 4.69) is 71.1 Å². The number of rotatable bonds is 9. The van der Waals surface area contributed by atoms with Gasteiger partial charge in [0.1, 0.15) is 11.6 Å². The number of hydrogen-bond donors (Lipinski definition) is 4. The molecule has 0 aliphatic rings. The van der Waals surface area contributed by atoms with Crippen LogP contribution in [0.3, 0.4) is 0 Å². The van der Waals surface area contributed by atoms with Crippen LogP contribution in [-0.4, -0.2) is 26.5 Å². The Hall–Kier alpha value is -3.40. The molecule has 34 heavy (non-hydrogen) atoms. The van der Waals surface area contributed by atoms with Crippen molar-refractivity contribution >= 4 is 11.0 Å². The van der Waals surface area contributed by atoms with E-state index in [-0.39, 0.29) is 6.04 Å². The fourth-order valence-electron chi connectivity index (χ4n) is 4.01. The van der Waals surface area contributed by atoms with Crippen LogP contribution in [0.4, 0.5) is 0 Å². The first kappa shape index (κ1) is 23.7. The molecule has 0 amide bonds. The molecule has 5 N–H and O–H groups in total. The topological polar surface area (TPSA) is 95.4 Å². The number of fused-ring (bicyclic) bond motifs is 1. The molecule has 4 aromatic rings. The van der Waals surface area contributed by atoms with Crippen molar-refractivity contribution in [3.8, 4) is 23.1 Å². The number of benzene rings is 2. The molecule has 0 unspecified atom stereocenters. The lowest BCUT2D eigenvalue weighted by atomic mass is 10.1. The largest absolute Gasteiger partial charge is 0.344 e. The molecule has 0 saturated carbocycles. The molecule has 2 aromatic carbocycles. The molecule has 1 atom stereocenters. The molecule has 0 radical (unpaired) electrons. The van der Waals surface area contributed by atoms with E-state index in [9.17, 15) is 0 Å². The number of aromatic nitrogens is 4. The number of imidazole rings is 2. The van der Waals surface area contributed by atoms with E-state index in [1.54, 1.807) is 0 Å². The van der Waals surface area contributed by atoms with Gasteiger partial charge in [-0.1, -0.05) is 51.2 Å². The molecule has 0 fully saturated rings. The van der Waals surface area contributed by atoms with Crippen molar-refractivity contribution in [3.05, 3.63) is 70.9 Å². The number of nitrogens with two attached hydrogens (primary N) is 1. The minimum absolute atomic E-state index is 0.0508. The molecule has 4 rings (SSSR count). The Bertz CT molecular complexity index is 1290. The number of aromatic amines is 2. The summed E-state index contributed by atoms with van der Waals surface area (Å²) in [7, 11) is 0. The Morgan fingerprint density at radius 2 is 1.71 bits per heavy atom. The highest BCUT2D eigenvalue weighted by Gasteiger charge is 2.15. The molecular weight excluding hydrogens is 420 g/mol. The molecule has 0 spiro atoms. The third-order valence-corrected chi connectivity index (χ3v) is 5.86. The smallest absolute Gasteiger partial charge is 0.123 e. The minimum atomic E-state index is -0.0508. The van der Waals surface area contributed by atoms with Crippen LogP contribution in [0.5, 0.6) is 0 Å². The fraction of sp³-hybridized carbons (Fsp3) is 0.357. The van der Waals surface area contributed by atoms with Crippen molar-refractivity contribution in [3.63, 3.8) is 0 Å². The van der Waals surface area contributed by atoms with Crippen LogP contribution in [0.1, 0.15) is 74.5 Å². The molecule has 0 saturated heterocycles. The normalized spacial score (nSPS) is 12.0. The summed E-state index contributed by atoms with van der Waals surface area (Å²) in [5, 5.41) is 3.37. The highest BCUT2D eigenvalue weighted by atomic mass is 15.0. The van der Waals surface area contributed by atoms with Crippen molar-refractivity contribution in [2.24, 2.45) is 5.73 Å². The van der Waals surface area contributed by atoms with Crippen molar-refractivity contribution in [1.29, 1.82) is 0 Å². The number of H-pyrrole nitrogens is 2. The van der Waals surface area contributed by atoms with Gasteiger partial charge in [0.05, 0.1) is 29.3 Å². The van der Waals surface area contributed by atoms with Gasteiger partial charge in [-0.25, -0.2) is 9.97 Å². The van der Waals surface area contributed by atoms with Crippen molar-refractivity contribution in [2.45, 2.75) is 59.0 Å². The predicted octanol–water partition coefficient (Wildman–Crippen LogP) is 5.21. The van der Waals surface area contributed by atoms with Crippen LogP contribution < -0.4 is 11.1 Å². The highest BCUT2D eigenvalue weighted by molar-refractivity contribution is 5.77. The summed E-state index contributed by atoms with van der Waals surface area (Å²) >= 11 is 0. The number of aryl methyl sites for hydroxylation is 1. The van der Waals surface area contributed by atoms with Crippen LogP contribution in [0.25, 0.3) is 22.3 Å². The van der Waals surface area contributed by atoms with Gasteiger partial charge in [0.15, 0.2) is 0 Å². The zero-order chi connectivity index (χ0) is 23.9. The van der Waals surface area contributed by atoms with Gasteiger partial charge in [-0.2, -0.15) is 0 Å². The molecule has 6 nitrogen and oxygen atoms in total. The minimum Gasteiger partial charge on any atom is -0.344 e. The maximum Gasteiger partial charge on any atom is 0.123 e. The number of hydrogen-bond acceptors (Lipinski definition) is 4. The van der Waals surface area contributed by atoms with Crippen molar-refractivity contribution in [2.75, 3.05) is 6.54 Å². The molecule has 0 aliphatic heterocycles. The summed E-state index contributed by atoms with van der Waals surface area (Å²) in [5.74, 6) is 8.38. The molecule has 6 heteroatoms. The summed E-state index contributed by atoms with van der Waals surface area (Å²) in [6.07, 6.45) is 3.95.